The van der Waals surface area contributed by atoms with Gasteiger partial charge in [0.1, 0.15) is 11.5 Å². The van der Waals surface area contributed by atoms with Crippen LogP contribution in [0.2, 0.25) is 5.02 Å². The smallest absolute Gasteiger partial charge is 0.134 e. The molecule has 0 fully saturated rings. The van der Waals surface area contributed by atoms with Crippen LogP contribution in [0.15, 0.2) is 40.8 Å². The van der Waals surface area contributed by atoms with Crippen LogP contribution in [-0.4, -0.2) is 6.54 Å². The van der Waals surface area contributed by atoms with E-state index in [1.165, 1.54) is 6.42 Å². The topological polar surface area (TPSA) is 25.2 Å². The second-order valence-electron chi connectivity index (χ2n) is 5.14. The fourth-order valence-corrected chi connectivity index (χ4v) is 2.06. The Balaban J connectivity index is 0.00000200. The summed E-state index contributed by atoms with van der Waals surface area (Å²) in [5.74, 6) is 2.55. The van der Waals surface area contributed by atoms with Crippen LogP contribution in [0.3, 0.4) is 0 Å². The summed E-state index contributed by atoms with van der Waals surface area (Å²) in [6.07, 6.45) is 1.18. The van der Waals surface area contributed by atoms with Gasteiger partial charge >= 0.3 is 0 Å². The molecular weight excluding hydrogens is 293 g/mol. The first kappa shape index (κ1) is 17.1. The molecule has 1 aromatic carbocycles. The summed E-state index contributed by atoms with van der Waals surface area (Å²) in [6, 6.07) is 11.7. The summed E-state index contributed by atoms with van der Waals surface area (Å²) in [5.41, 5.74) is 1.01. The van der Waals surface area contributed by atoms with Gasteiger partial charge < -0.3 is 9.73 Å². The van der Waals surface area contributed by atoms with Gasteiger partial charge in [0.25, 0.3) is 0 Å². The number of benzene rings is 1. The van der Waals surface area contributed by atoms with E-state index in [1.807, 2.05) is 36.4 Å². The van der Waals surface area contributed by atoms with Crippen molar-refractivity contribution in [2.24, 2.45) is 5.92 Å². The number of halogens is 2. The summed E-state index contributed by atoms with van der Waals surface area (Å²) in [7, 11) is 0. The van der Waals surface area contributed by atoms with E-state index in [2.05, 4.69) is 19.2 Å². The van der Waals surface area contributed by atoms with E-state index in [4.69, 9.17) is 16.0 Å². The minimum atomic E-state index is 0. The standard InChI is InChI=1S/C16H20ClNO.ClH/c1-12(2)8-9-18-11-15-6-7-16(19-15)13-4-3-5-14(17)10-13;/h3-7,10,12,18H,8-9,11H2,1-2H3;1H. The Hall–Kier alpha value is -0.960. The number of rotatable bonds is 6. The zero-order chi connectivity index (χ0) is 13.7. The van der Waals surface area contributed by atoms with Crippen LogP contribution in [0.1, 0.15) is 26.0 Å². The Kier molecular flexibility index (Phi) is 7.14. The fourth-order valence-electron chi connectivity index (χ4n) is 1.87. The lowest BCUT2D eigenvalue weighted by Crippen LogP contribution is -2.15. The van der Waals surface area contributed by atoms with Crippen molar-refractivity contribution in [2.75, 3.05) is 6.54 Å². The highest BCUT2D eigenvalue weighted by Crippen LogP contribution is 2.24. The Labute approximate surface area is 131 Å². The lowest BCUT2D eigenvalue weighted by atomic mass is 10.1. The van der Waals surface area contributed by atoms with E-state index in [1.54, 1.807) is 0 Å². The van der Waals surface area contributed by atoms with Gasteiger partial charge in [0.15, 0.2) is 0 Å². The molecule has 2 aromatic rings. The summed E-state index contributed by atoms with van der Waals surface area (Å²) < 4.78 is 5.81. The molecule has 0 aliphatic heterocycles. The molecule has 1 heterocycles. The van der Waals surface area contributed by atoms with E-state index in [9.17, 15) is 0 Å². The Morgan fingerprint density at radius 2 is 2.00 bits per heavy atom. The van der Waals surface area contributed by atoms with Gasteiger partial charge in [-0.15, -0.1) is 12.4 Å². The predicted octanol–water partition coefficient (Wildman–Crippen LogP) is 5.16. The van der Waals surface area contributed by atoms with Gasteiger partial charge in [-0.25, -0.2) is 0 Å². The van der Waals surface area contributed by atoms with E-state index < -0.39 is 0 Å². The molecule has 0 unspecified atom stereocenters. The molecule has 20 heavy (non-hydrogen) atoms. The first-order chi connectivity index (χ1) is 9.15. The maximum atomic E-state index is 5.98. The first-order valence-corrected chi connectivity index (χ1v) is 7.08. The van der Waals surface area contributed by atoms with Crippen molar-refractivity contribution in [1.82, 2.24) is 5.32 Å². The summed E-state index contributed by atoms with van der Waals surface area (Å²) in [5, 5.41) is 4.12. The zero-order valence-electron chi connectivity index (χ0n) is 11.9. The number of furan rings is 1. The number of nitrogens with one attached hydrogen (secondary N) is 1. The van der Waals surface area contributed by atoms with Crippen molar-refractivity contribution < 1.29 is 4.42 Å². The van der Waals surface area contributed by atoms with Crippen LogP contribution in [0.5, 0.6) is 0 Å². The van der Waals surface area contributed by atoms with Gasteiger partial charge in [0.05, 0.1) is 6.54 Å². The molecule has 0 aliphatic carbocycles. The number of hydrogen-bond acceptors (Lipinski definition) is 2. The molecule has 4 heteroatoms. The van der Waals surface area contributed by atoms with Crippen molar-refractivity contribution >= 4 is 24.0 Å². The molecule has 2 nitrogen and oxygen atoms in total. The summed E-state index contributed by atoms with van der Waals surface area (Å²) >= 11 is 5.98. The maximum Gasteiger partial charge on any atom is 0.134 e. The van der Waals surface area contributed by atoms with Crippen molar-refractivity contribution in [2.45, 2.75) is 26.8 Å². The molecule has 110 valence electrons. The van der Waals surface area contributed by atoms with Crippen molar-refractivity contribution in [3.8, 4) is 11.3 Å². The molecule has 2 rings (SSSR count). The average molecular weight is 314 g/mol. The van der Waals surface area contributed by atoms with Crippen molar-refractivity contribution in [3.05, 3.63) is 47.2 Å². The Morgan fingerprint density at radius 1 is 1.20 bits per heavy atom. The molecule has 0 saturated carbocycles. The van der Waals surface area contributed by atoms with Gasteiger partial charge in [-0.2, -0.15) is 0 Å². The third-order valence-corrected chi connectivity index (χ3v) is 3.20. The number of hydrogen-bond donors (Lipinski definition) is 1. The normalized spacial score (nSPS) is 10.6. The molecule has 0 radical (unpaired) electrons. The first-order valence-electron chi connectivity index (χ1n) is 6.70. The molecule has 0 saturated heterocycles. The van der Waals surface area contributed by atoms with E-state index in [-0.39, 0.29) is 12.4 Å². The van der Waals surface area contributed by atoms with Crippen LogP contribution in [0.4, 0.5) is 0 Å². The highest BCUT2D eigenvalue weighted by Gasteiger charge is 2.05. The van der Waals surface area contributed by atoms with Crippen molar-refractivity contribution in [3.63, 3.8) is 0 Å². The molecule has 1 N–H and O–H groups in total. The highest BCUT2D eigenvalue weighted by molar-refractivity contribution is 6.30. The molecule has 1 aromatic heterocycles. The third-order valence-electron chi connectivity index (χ3n) is 2.97. The van der Waals surface area contributed by atoms with Crippen molar-refractivity contribution in [1.29, 1.82) is 0 Å². The predicted molar refractivity (Wildman–Crippen MR) is 87.6 cm³/mol. The van der Waals surface area contributed by atoms with Gasteiger partial charge in [-0.1, -0.05) is 37.6 Å². The van der Waals surface area contributed by atoms with E-state index in [0.29, 0.717) is 0 Å². The SMILES string of the molecule is CC(C)CCNCc1ccc(-c2cccc(Cl)c2)o1.Cl. The highest BCUT2D eigenvalue weighted by atomic mass is 35.5. The van der Waals surface area contributed by atoms with Gasteiger partial charge in [0.2, 0.25) is 0 Å². The second-order valence-corrected chi connectivity index (χ2v) is 5.57. The van der Waals surface area contributed by atoms with Crippen LogP contribution in [0.25, 0.3) is 11.3 Å². The van der Waals surface area contributed by atoms with E-state index >= 15 is 0 Å². The van der Waals surface area contributed by atoms with Crippen LogP contribution < -0.4 is 5.32 Å². The minimum Gasteiger partial charge on any atom is -0.460 e. The second kappa shape index (κ2) is 8.35. The summed E-state index contributed by atoms with van der Waals surface area (Å²) in [4.78, 5) is 0. The Bertz CT molecular complexity index is 523. The van der Waals surface area contributed by atoms with Gasteiger partial charge in [-0.3, -0.25) is 0 Å². The lowest BCUT2D eigenvalue weighted by molar-refractivity contribution is 0.474. The molecule has 0 aliphatic rings. The zero-order valence-corrected chi connectivity index (χ0v) is 13.4. The molecular formula is C16H21Cl2NO. The van der Waals surface area contributed by atoms with Crippen LogP contribution in [-0.2, 0) is 6.54 Å². The molecule has 0 bridgehead atoms. The van der Waals surface area contributed by atoms with Crippen LogP contribution in [0, 0.1) is 5.92 Å². The van der Waals surface area contributed by atoms with Crippen LogP contribution >= 0.6 is 24.0 Å². The maximum absolute atomic E-state index is 5.98. The average Bonchev–Trinajstić information content (AvgIpc) is 2.83. The molecule has 0 amide bonds. The largest absolute Gasteiger partial charge is 0.460 e. The third kappa shape index (κ3) is 5.20. The minimum absolute atomic E-state index is 0. The quantitative estimate of drug-likeness (QED) is 0.745. The lowest BCUT2D eigenvalue weighted by Gasteiger charge is -2.05. The summed E-state index contributed by atoms with van der Waals surface area (Å²) in [6.45, 7) is 6.25. The molecule has 0 atom stereocenters. The molecule has 0 spiro atoms. The van der Waals surface area contributed by atoms with Gasteiger partial charge in [-0.05, 0) is 43.1 Å². The van der Waals surface area contributed by atoms with E-state index in [0.717, 1.165) is 41.1 Å². The Morgan fingerprint density at radius 3 is 2.70 bits per heavy atom. The van der Waals surface area contributed by atoms with Gasteiger partial charge in [0, 0.05) is 10.6 Å². The fraction of sp³-hybridized carbons (Fsp3) is 0.375. The monoisotopic (exact) mass is 313 g/mol.